The largest absolute Gasteiger partial charge is 0.495 e. The number of benzene rings is 1. The van der Waals surface area contributed by atoms with Crippen LogP contribution in [0.5, 0.6) is 5.75 Å². The first-order chi connectivity index (χ1) is 12.8. The molecule has 1 fully saturated rings. The summed E-state index contributed by atoms with van der Waals surface area (Å²) in [5.74, 6) is -0.299. The van der Waals surface area contributed by atoms with Gasteiger partial charge in [-0.05, 0) is 45.2 Å². The summed E-state index contributed by atoms with van der Waals surface area (Å²) in [5.41, 5.74) is 0. The normalized spacial score (nSPS) is 20.0. The number of halogens is 2. The van der Waals surface area contributed by atoms with E-state index in [0.717, 1.165) is 30.6 Å². The van der Waals surface area contributed by atoms with Crippen molar-refractivity contribution >= 4 is 56.5 Å². The second-order valence-electron chi connectivity index (χ2n) is 6.71. The van der Waals surface area contributed by atoms with E-state index in [1.165, 1.54) is 7.11 Å². The predicted molar refractivity (Wildman–Crippen MR) is 108 cm³/mol. The number of likely N-dealkylation sites (tertiary alicyclic amines) is 1. The summed E-state index contributed by atoms with van der Waals surface area (Å²) >= 11 is 13.8. The third-order valence-corrected chi connectivity index (χ3v) is 7.11. The molecule has 0 spiro atoms. The van der Waals surface area contributed by atoms with Crippen LogP contribution < -0.4 is 4.74 Å². The SMILES string of the molecule is COc1ccc2c(Cl)c(C(=O)OCC(=O)N3[C@@H](C)CCC[C@@H]3C)sc2c1Cl. The summed E-state index contributed by atoms with van der Waals surface area (Å²) < 4.78 is 11.1. The number of fused-ring (bicyclic) bond motifs is 1. The fourth-order valence-electron chi connectivity index (χ4n) is 3.55. The average molecular weight is 430 g/mol. The van der Waals surface area contributed by atoms with Crippen molar-refractivity contribution in [1.82, 2.24) is 4.90 Å². The van der Waals surface area contributed by atoms with Crippen LogP contribution in [0.2, 0.25) is 10.0 Å². The Morgan fingerprint density at radius 2 is 1.85 bits per heavy atom. The molecule has 0 unspecified atom stereocenters. The molecule has 1 aromatic carbocycles. The van der Waals surface area contributed by atoms with Crippen LogP contribution in [0, 0.1) is 0 Å². The van der Waals surface area contributed by atoms with E-state index in [-0.39, 0.29) is 34.5 Å². The zero-order valence-electron chi connectivity index (χ0n) is 15.4. The van der Waals surface area contributed by atoms with Crippen LogP contribution in [0.3, 0.4) is 0 Å². The number of ether oxygens (including phenoxy) is 2. The Kier molecular flexibility index (Phi) is 6.18. The molecule has 1 aliphatic rings. The summed E-state index contributed by atoms with van der Waals surface area (Å²) in [7, 11) is 1.52. The maximum atomic E-state index is 12.5. The highest BCUT2D eigenvalue weighted by Gasteiger charge is 2.30. The number of hydrogen-bond donors (Lipinski definition) is 0. The summed E-state index contributed by atoms with van der Waals surface area (Å²) in [6, 6.07) is 3.75. The Morgan fingerprint density at radius 1 is 1.19 bits per heavy atom. The molecule has 5 nitrogen and oxygen atoms in total. The smallest absolute Gasteiger partial charge is 0.350 e. The number of rotatable bonds is 4. The van der Waals surface area contributed by atoms with E-state index in [4.69, 9.17) is 32.7 Å². The van der Waals surface area contributed by atoms with E-state index < -0.39 is 5.97 Å². The van der Waals surface area contributed by atoms with Gasteiger partial charge in [0.2, 0.25) is 0 Å². The monoisotopic (exact) mass is 429 g/mol. The van der Waals surface area contributed by atoms with Crippen LogP contribution in [-0.2, 0) is 9.53 Å². The van der Waals surface area contributed by atoms with Crippen molar-refractivity contribution in [2.24, 2.45) is 0 Å². The molecular formula is C19H21Cl2NO4S. The van der Waals surface area contributed by atoms with E-state index in [9.17, 15) is 9.59 Å². The molecule has 0 saturated carbocycles. The van der Waals surface area contributed by atoms with Crippen LogP contribution in [0.1, 0.15) is 42.8 Å². The minimum absolute atomic E-state index is 0.152. The van der Waals surface area contributed by atoms with Gasteiger partial charge in [-0.1, -0.05) is 23.2 Å². The topological polar surface area (TPSA) is 55.8 Å². The van der Waals surface area contributed by atoms with Crippen LogP contribution in [0.15, 0.2) is 12.1 Å². The molecule has 1 saturated heterocycles. The van der Waals surface area contributed by atoms with Crippen molar-refractivity contribution in [3.8, 4) is 5.75 Å². The number of nitrogens with zero attached hydrogens (tertiary/aromatic N) is 1. The first-order valence-corrected chi connectivity index (χ1v) is 10.3. The van der Waals surface area contributed by atoms with Crippen molar-refractivity contribution < 1.29 is 19.1 Å². The number of thiophene rings is 1. The van der Waals surface area contributed by atoms with Gasteiger partial charge in [0, 0.05) is 17.5 Å². The number of esters is 1. The lowest BCUT2D eigenvalue weighted by Gasteiger charge is -2.38. The molecule has 0 N–H and O–H groups in total. The van der Waals surface area contributed by atoms with E-state index >= 15 is 0 Å². The number of hydrogen-bond acceptors (Lipinski definition) is 5. The van der Waals surface area contributed by atoms with Gasteiger partial charge in [0.05, 0.1) is 16.8 Å². The molecule has 2 heterocycles. The van der Waals surface area contributed by atoms with E-state index in [1.807, 2.05) is 18.7 Å². The molecular weight excluding hydrogens is 409 g/mol. The Bertz CT molecular complexity index is 872. The fourth-order valence-corrected chi connectivity index (χ4v) is 5.33. The van der Waals surface area contributed by atoms with Gasteiger partial charge < -0.3 is 14.4 Å². The molecule has 1 amide bonds. The van der Waals surface area contributed by atoms with Crippen molar-refractivity contribution in [3.05, 3.63) is 27.1 Å². The number of carbonyl (C=O) groups is 2. The third-order valence-electron chi connectivity index (χ3n) is 4.92. The first-order valence-electron chi connectivity index (χ1n) is 8.78. The maximum Gasteiger partial charge on any atom is 0.350 e. The van der Waals surface area contributed by atoms with Crippen molar-refractivity contribution in [3.63, 3.8) is 0 Å². The Hall–Kier alpha value is -1.50. The van der Waals surface area contributed by atoms with Gasteiger partial charge in [-0.3, -0.25) is 4.79 Å². The fraction of sp³-hybridized carbons (Fsp3) is 0.474. The molecule has 2 aromatic rings. The average Bonchev–Trinajstić information content (AvgIpc) is 2.98. The van der Waals surface area contributed by atoms with Gasteiger partial charge >= 0.3 is 5.97 Å². The minimum atomic E-state index is -0.623. The Labute approximate surface area is 172 Å². The molecule has 1 aliphatic heterocycles. The molecule has 0 aliphatic carbocycles. The quantitative estimate of drug-likeness (QED) is 0.629. The standard InChI is InChI=1S/C19H21Cl2NO4S/c1-10-5-4-6-11(2)22(10)14(23)9-26-19(24)18-15(20)12-7-8-13(25-3)16(21)17(12)27-18/h7-8,10-11H,4-6,9H2,1-3H3/t10-,11-/m0/s1. The lowest BCUT2D eigenvalue weighted by atomic mass is 9.97. The Morgan fingerprint density at radius 3 is 2.48 bits per heavy atom. The highest BCUT2D eigenvalue weighted by Crippen LogP contribution is 2.43. The second-order valence-corrected chi connectivity index (χ2v) is 8.49. The molecule has 27 heavy (non-hydrogen) atoms. The molecule has 2 atom stereocenters. The number of methoxy groups -OCH3 is 1. The van der Waals surface area contributed by atoms with Crippen molar-refractivity contribution in [2.75, 3.05) is 13.7 Å². The predicted octanol–water partition coefficient (Wildman–Crippen LogP) is 5.16. The number of piperidine rings is 1. The highest BCUT2D eigenvalue weighted by atomic mass is 35.5. The summed E-state index contributed by atoms with van der Waals surface area (Å²) in [6.45, 7) is 3.75. The number of carbonyl (C=O) groups excluding carboxylic acids is 2. The van der Waals surface area contributed by atoms with Crippen LogP contribution in [-0.4, -0.2) is 42.6 Å². The maximum absolute atomic E-state index is 12.5. The zero-order valence-corrected chi connectivity index (χ0v) is 17.7. The summed E-state index contributed by atoms with van der Waals surface area (Å²) in [4.78, 5) is 27.1. The van der Waals surface area contributed by atoms with Crippen LogP contribution >= 0.6 is 34.5 Å². The summed E-state index contributed by atoms with van der Waals surface area (Å²) in [5, 5.41) is 1.33. The van der Waals surface area contributed by atoms with E-state index in [0.29, 0.717) is 20.9 Å². The van der Waals surface area contributed by atoms with Gasteiger partial charge in [0.25, 0.3) is 5.91 Å². The van der Waals surface area contributed by atoms with Gasteiger partial charge in [0.15, 0.2) is 6.61 Å². The van der Waals surface area contributed by atoms with Crippen LogP contribution in [0.25, 0.3) is 10.1 Å². The molecule has 146 valence electrons. The van der Waals surface area contributed by atoms with E-state index in [1.54, 1.807) is 12.1 Å². The van der Waals surface area contributed by atoms with Gasteiger partial charge in [0.1, 0.15) is 15.6 Å². The van der Waals surface area contributed by atoms with Gasteiger partial charge in [-0.2, -0.15) is 0 Å². The van der Waals surface area contributed by atoms with E-state index in [2.05, 4.69) is 0 Å². The van der Waals surface area contributed by atoms with Crippen molar-refractivity contribution in [1.29, 1.82) is 0 Å². The third kappa shape index (κ3) is 3.89. The van der Waals surface area contributed by atoms with Gasteiger partial charge in [-0.25, -0.2) is 4.79 Å². The zero-order chi connectivity index (χ0) is 19.7. The number of amides is 1. The molecule has 0 bridgehead atoms. The van der Waals surface area contributed by atoms with Gasteiger partial charge in [-0.15, -0.1) is 11.3 Å². The minimum Gasteiger partial charge on any atom is -0.495 e. The molecule has 1 aromatic heterocycles. The Balaban J connectivity index is 1.75. The van der Waals surface area contributed by atoms with Crippen LogP contribution in [0.4, 0.5) is 0 Å². The lowest BCUT2D eigenvalue weighted by Crippen LogP contribution is -2.49. The van der Waals surface area contributed by atoms with Crippen molar-refractivity contribution in [2.45, 2.75) is 45.2 Å². The molecule has 8 heteroatoms. The molecule has 0 radical (unpaired) electrons. The lowest BCUT2D eigenvalue weighted by molar-refractivity contribution is -0.140. The first kappa shape index (κ1) is 20.2. The second kappa shape index (κ2) is 8.25. The molecule has 3 rings (SSSR count). The summed E-state index contributed by atoms with van der Waals surface area (Å²) in [6.07, 6.45) is 3.03. The highest BCUT2D eigenvalue weighted by molar-refractivity contribution is 7.22.